The third kappa shape index (κ3) is 4.82. The van der Waals surface area contributed by atoms with Gasteiger partial charge in [0, 0.05) is 18.5 Å². The van der Waals surface area contributed by atoms with Crippen LogP contribution < -0.4 is 5.32 Å². The summed E-state index contributed by atoms with van der Waals surface area (Å²) < 4.78 is 5.21. The van der Waals surface area contributed by atoms with Gasteiger partial charge in [-0.2, -0.15) is 0 Å². The molecule has 1 aromatic rings. The third-order valence-corrected chi connectivity index (χ3v) is 5.64. The number of amides is 1. The van der Waals surface area contributed by atoms with Crippen LogP contribution in [-0.2, 0) is 17.8 Å². The van der Waals surface area contributed by atoms with Gasteiger partial charge in [-0.15, -0.1) is 0 Å². The van der Waals surface area contributed by atoms with Crippen LogP contribution in [0.1, 0.15) is 69.7 Å². The van der Waals surface area contributed by atoms with Crippen molar-refractivity contribution in [3.63, 3.8) is 0 Å². The fraction of sp³-hybridized carbons (Fsp3) is 0.789. The Labute approximate surface area is 145 Å². The maximum atomic E-state index is 12.2. The van der Waals surface area contributed by atoms with Crippen molar-refractivity contribution in [1.82, 2.24) is 15.4 Å². The van der Waals surface area contributed by atoms with Crippen molar-refractivity contribution >= 4 is 5.91 Å². The minimum atomic E-state index is 0.139. The molecule has 2 aliphatic rings. The van der Waals surface area contributed by atoms with Gasteiger partial charge in [-0.3, -0.25) is 4.79 Å². The molecule has 0 spiro atoms. The fourth-order valence-electron chi connectivity index (χ4n) is 4.09. The third-order valence-electron chi connectivity index (χ3n) is 5.64. The summed E-state index contributed by atoms with van der Waals surface area (Å²) in [7, 11) is 0. The SMILES string of the molecule is CCc1cc(CNC(=O)CC2CCN(C3CCCCC3)CC2)on1. The van der Waals surface area contributed by atoms with Crippen LogP contribution in [0.3, 0.4) is 0 Å². The van der Waals surface area contributed by atoms with Gasteiger partial charge in [0.2, 0.25) is 5.91 Å². The average Bonchev–Trinajstić information content (AvgIpc) is 3.10. The smallest absolute Gasteiger partial charge is 0.220 e. The first kappa shape index (κ1) is 17.5. The zero-order valence-electron chi connectivity index (χ0n) is 14.9. The molecule has 1 saturated heterocycles. The highest BCUT2D eigenvalue weighted by atomic mass is 16.5. The summed E-state index contributed by atoms with van der Waals surface area (Å²) >= 11 is 0. The van der Waals surface area contributed by atoms with Crippen LogP contribution in [0.2, 0.25) is 0 Å². The van der Waals surface area contributed by atoms with Crippen molar-refractivity contribution in [2.24, 2.45) is 5.92 Å². The topological polar surface area (TPSA) is 58.4 Å². The average molecular weight is 333 g/mol. The first-order valence-corrected chi connectivity index (χ1v) is 9.69. The molecule has 0 radical (unpaired) electrons. The predicted molar refractivity (Wildman–Crippen MR) is 93.5 cm³/mol. The molecule has 0 unspecified atom stereocenters. The van der Waals surface area contributed by atoms with E-state index in [0.29, 0.717) is 18.9 Å². The summed E-state index contributed by atoms with van der Waals surface area (Å²) in [6, 6.07) is 2.73. The Balaban J connectivity index is 1.35. The molecule has 0 bridgehead atoms. The second kappa shape index (κ2) is 8.65. The van der Waals surface area contributed by atoms with E-state index in [0.717, 1.165) is 36.8 Å². The zero-order valence-corrected chi connectivity index (χ0v) is 14.9. The van der Waals surface area contributed by atoms with E-state index >= 15 is 0 Å². The Morgan fingerprint density at radius 3 is 2.67 bits per heavy atom. The van der Waals surface area contributed by atoms with Crippen LogP contribution in [-0.4, -0.2) is 35.1 Å². The van der Waals surface area contributed by atoms with Crippen molar-refractivity contribution in [2.75, 3.05) is 13.1 Å². The van der Waals surface area contributed by atoms with E-state index in [4.69, 9.17) is 4.52 Å². The molecule has 0 atom stereocenters. The Hall–Kier alpha value is -1.36. The summed E-state index contributed by atoms with van der Waals surface area (Å²) in [4.78, 5) is 14.8. The number of aromatic nitrogens is 1. The number of rotatable bonds is 6. The highest BCUT2D eigenvalue weighted by Crippen LogP contribution is 2.28. The Morgan fingerprint density at radius 2 is 2.00 bits per heavy atom. The monoisotopic (exact) mass is 333 g/mol. The van der Waals surface area contributed by atoms with Crippen LogP contribution in [0.4, 0.5) is 0 Å². The van der Waals surface area contributed by atoms with Crippen molar-refractivity contribution in [1.29, 1.82) is 0 Å². The lowest BCUT2D eigenvalue weighted by Crippen LogP contribution is -2.43. The molecular formula is C19H31N3O2. The number of likely N-dealkylation sites (tertiary alicyclic amines) is 1. The number of hydrogen-bond acceptors (Lipinski definition) is 4. The molecule has 5 nitrogen and oxygen atoms in total. The Morgan fingerprint density at radius 1 is 1.25 bits per heavy atom. The molecule has 0 aromatic carbocycles. The number of carbonyl (C=O) groups excluding carboxylic acids is 1. The molecule has 1 N–H and O–H groups in total. The number of aryl methyl sites for hydroxylation is 1. The van der Waals surface area contributed by atoms with Gasteiger partial charge < -0.3 is 14.7 Å². The summed E-state index contributed by atoms with van der Waals surface area (Å²) in [5.74, 6) is 1.42. The number of hydrogen-bond donors (Lipinski definition) is 1. The van der Waals surface area contributed by atoms with Gasteiger partial charge in [-0.25, -0.2) is 0 Å². The zero-order chi connectivity index (χ0) is 16.8. The second-order valence-electron chi connectivity index (χ2n) is 7.39. The van der Waals surface area contributed by atoms with Crippen LogP contribution in [0.5, 0.6) is 0 Å². The van der Waals surface area contributed by atoms with Gasteiger partial charge in [0.05, 0.1) is 12.2 Å². The van der Waals surface area contributed by atoms with Crippen molar-refractivity contribution in [2.45, 2.75) is 77.3 Å². The van der Waals surface area contributed by atoms with Gasteiger partial charge >= 0.3 is 0 Å². The molecule has 5 heteroatoms. The van der Waals surface area contributed by atoms with E-state index in [-0.39, 0.29) is 5.91 Å². The normalized spacial score (nSPS) is 21.0. The van der Waals surface area contributed by atoms with E-state index in [1.165, 1.54) is 45.2 Å². The molecule has 2 fully saturated rings. The van der Waals surface area contributed by atoms with E-state index in [9.17, 15) is 4.79 Å². The Bertz CT molecular complexity index is 514. The van der Waals surface area contributed by atoms with Crippen molar-refractivity contribution < 1.29 is 9.32 Å². The van der Waals surface area contributed by atoms with E-state index in [2.05, 4.69) is 15.4 Å². The summed E-state index contributed by atoms with van der Waals surface area (Å²) in [6.07, 6.45) is 10.8. The molecular weight excluding hydrogens is 302 g/mol. The maximum Gasteiger partial charge on any atom is 0.220 e. The lowest BCUT2D eigenvalue weighted by molar-refractivity contribution is -0.122. The lowest BCUT2D eigenvalue weighted by atomic mass is 9.89. The number of piperidine rings is 1. The molecule has 24 heavy (non-hydrogen) atoms. The molecule has 1 saturated carbocycles. The van der Waals surface area contributed by atoms with E-state index in [1.54, 1.807) is 0 Å². The van der Waals surface area contributed by atoms with Crippen LogP contribution in [0.25, 0.3) is 0 Å². The quantitative estimate of drug-likeness (QED) is 0.868. The molecule has 1 aliphatic carbocycles. The number of nitrogens with zero attached hydrogens (tertiary/aromatic N) is 2. The summed E-state index contributed by atoms with van der Waals surface area (Å²) in [5, 5.41) is 6.92. The van der Waals surface area contributed by atoms with Gasteiger partial charge in [0.1, 0.15) is 0 Å². The van der Waals surface area contributed by atoms with Gasteiger partial charge in [0.25, 0.3) is 0 Å². The molecule has 2 heterocycles. The first-order valence-electron chi connectivity index (χ1n) is 9.69. The van der Waals surface area contributed by atoms with E-state index in [1.807, 2.05) is 13.0 Å². The van der Waals surface area contributed by atoms with Gasteiger partial charge in [-0.1, -0.05) is 31.3 Å². The molecule has 3 rings (SSSR count). The molecule has 1 aromatic heterocycles. The first-order chi connectivity index (χ1) is 11.7. The van der Waals surface area contributed by atoms with Gasteiger partial charge in [0.15, 0.2) is 5.76 Å². The van der Waals surface area contributed by atoms with Crippen molar-refractivity contribution in [3.8, 4) is 0 Å². The second-order valence-corrected chi connectivity index (χ2v) is 7.39. The predicted octanol–water partition coefficient (Wildman–Crippen LogP) is 3.29. The number of carbonyl (C=O) groups is 1. The highest BCUT2D eigenvalue weighted by Gasteiger charge is 2.27. The minimum absolute atomic E-state index is 0.139. The maximum absolute atomic E-state index is 12.2. The fourth-order valence-corrected chi connectivity index (χ4v) is 4.09. The summed E-state index contributed by atoms with van der Waals surface area (Å²) in [5.41, 5.74) is 0.939. The van der Waals surface area contributed by atoms with E-state index < -0.39 is 0 Å². The van der Waals surface area contributed by atoms with Crippen LogP contribution in [0, 0.1) is 5.92 Å². The van der Waals surface area contributed by atoms with Gasteiger partial charge in [-0.05, 0) is 51.1 Å². The summed E-state index contributed by atoms with van der Waals surface area (Å²) in [6.45, 7) is 4.84. The van der Waals surface area contributed by atoms with Crippen LogP contribution in [0.15, 0.2) is 10.6 Å². The minimum Gasteiger partial charge on any atom is -0.359 e. The van der Waals surface area contributed by atoms with Crippen LogP contribution >= 0.6 is 0 Å². The van der Waals surface area contributed by atoms with Crippen molar-refractivity contribution in [3.05, 3.63) is 17.5 Å². The highest BCUT2D eigenvalue weighted by molar-refractivity contribution is 5.76. The number of nitrogens with one attached hydrogen (secondary N) is 1. The standard InChI is InChI=1S/C19H31N3O2/c1-2-16-13-18(24-21-16)14-20-19(23)12-15-8-10-22(11-9-15)17-6-4-3-5-7-17/h13,15,17H,2-12,14H2,1H3,(H,20,23). The molecule has 1 aliphatic heterocycles. The molecule has 1 amide bonds. The Kier molecular flexibility index (Phi) is 6.30. The molecule has 134 valence electrons. The largest absolute Gasteiger partial charge is 0.359 e. The lowest BCUT2D eigenvalue weighted by Gasteiger charge is -2.39.